The number of carbonyl (C=O) groups excluding carboxylic acids is 6. The molecule has 56 heavy (non-hydrogen) atoms. The summed E-state index contributed by atoms with van der Waals surface area (Å²) >= 11 is 0. The largest absolute Gasteiger partial charge is 0.483 e. The quantitative estimate of drug-likeness (QED) is 0.269. The number of nitrogens with zero attached hydrogens (tertiary/aromatic N) is 4. The first-order valence-electron chi connectivity index (χ1n) is 20.0. The second-order valence-corrected chi connectivity index (χ2v) is 15.0. The maximum absolute atomic E-state index is 14.0. The number of rotatable bonds is 14. The third-order valence-corrected chi connectivity index (χ3v) is 11.0. The van der Waals surface area contributed by atoms with Crippen molar-refractivity contribution in [3.63, 3.8) is 0 Å². The summed E-state index contributed by atoms with van der Waals surface area (Å²) in [6.07, 6.45) is 5.30. The Hall–Kier alpha value is -4.99. The van der Waals surface area contributed by atoms with Gasteiger partial charge in [-0.05, 0) is 88.8 Å². The van der Waals surface area contributed by atoms with Crippen LogP contribution in [0, 0.1) is 12.8 Å². The first-order valence-corrected chi connectivity index (χ1v) is 20.0. The molecule has 2 aromatic rings. The van der Waals surface area contributed by atoms with Crippen molar-refractivity contribution in [3.8, 4) is 5.75 Å². The maximum atomic E-state index is 14.0. The van der Waals surface area contributed by atoms with Crippen LogP contribution in [0.15, 0.2) is 24.3 Å². The monoisotopic (exact) mass is 778 g/mol. The van der Waals surface area contributed by atoms with Crippen LogP contribution in [0.3, 0.4) is 0 Å². The molecule has 4 fully saturated rings. The van der Waals surface area contributed by atoms with E-state index in [9.17, 15) is 28.8 Å². The minimum atomic E-state index is -1.11. The standard InChI is InChI=1S/C40H54N6O10/c1-3-54-40(52)45-18-16-44(17-19-45)39(51)30(11-12-36(48)56-24-27-13-20-53-21-14-27)43-37(49)32-23-34(29-10-9-26(2)22-31(29)42-32)55-25-35(47)46-15-5-8-33(46)38(50)41-28-6-4-7-28/h9-10,22-23,27-28,30,33H,3-8,11-21,24-25H2,1-2H3,(H,41,50)(H,43,49). The average Bonchev–Trinajstić information content (AvgIpc) is 3.69. The predicted molar refractivity (Wildman–Crippen MR) is 203 cm³/mol. The Morgan fingerprint density at radius 1 is 0.911 bits per heavy atom. The maximum Gasteiger partial charge on any atom is 0.409 e. The molecule has 1 aromatic carbocycles. The lowest BCUT2D eigenvalue weighted by Gasteiger charge is -2.36. The summed E-state index contributed by atoms with van der Waals surface area (Å²) in [5.74, 6) is -1.56. The number of pyridine rings is 1. The van der Waals surface area contributed by atoms with Crippen molar-refractivity contribution in [2.75, 3.05) is 65.8 Å². The number of fused-ring (bicyclic) bond motifs is 1. The number of hydrogen-bond acceptors (Lipinski definition) is 11. The summed E-state index contributed by atoms with van der Waals surface area (Å²) in [6.45, 7) is 6.41. The van der Waals surface area contributed by atoms with E-state index >= 15 is 0 Å². The zero-order valence-corrected chi connectivity index (χ0v) is 32.4. The van der Waals surface area contributed by atoms with Crippen molar-refractivity contribution in [1.82, 2.24) is 30.3 Å². The van der Waals surface area contributed by atoms with E-state index in [0.717, 1.165) is 37.7 Å². The minimum Gasteiger partial charge on any atom is -0.483 e. The van der Waals surface area contributed by atoms with Crippen LogP contribution in [-0.4, -0.2) is 139 Å². The van der Waals surface area contributed by atoms with Gasteiger partial charge < -0.3 is 44.3 Å². The van der Waals surface area contributed by atoms with Crippen LogP contribution in [0.25, 0.3) is 10.9 Å². The molecule has 6 rings (SSSR count). The molecule has 16 nitrogen and oxygen atoms in total. The van der Waals surface area contributed by atoms with E-state index in [1.807, 2.05) is 13.0 Å². The van der Waals surface area contributed by atoms with Gasteiger partial charge in [-0.15, -0.1) is 0 Å². The van der Waals surface area contributed by atoms with E-state index in [1.54, 1.807) is 28.9 Å². The molecule has 0 bridgehead atoms. The molecule has 1 saturated carbocycles. The Bertz CT molecular complexity index is 1750. The van der Waals surface area contributed by atoms with Crippen LogP contribution in [0.2, 0.25) is 0 Å². The molecule has 4 heterocycles. The number of esters is 1. The van der Waals surface area contributed by atoms with Crippen molar-refractivity contribution in [2.24, 2.45) is 5.92 Å². The van der Waals surface area contributed by atoms with Crippen LogP contribution in [-0.2, 0) is 33.4 Å². The molecule has 1 aromatic heterocycles. The van der Waals surface area contributed by atoms with Crippen molar-refractivity contribution < 1.29 is 47.7 Å². The van der Waals surface area contributed by atoms with Gasteiger partial charge in [-0.1, -0.05) is 6.07 Å². The van der Waals surface area contributed by atoms with Gasteiger partial charge in [0.1, 0.15) is 23.5 Å². The summed E-state index contributed by atoms with van der Waals surface area (Å²) < 4.78 is 22.1. The lowest BCUT2D eigenvalue weighted by atomic mass is 9.93. The minimum absolute atomic E-state index is 0.0227. The highest BCUT2D eigenvalue weighted by Crippen LogP contribution is 2.28. The number of hydrogen-bond donors (Lipinski definition) is 2. The Morgan fingerprint density at radius 3 is 2.38 bits per heavy atom. The molecule has 2 N–H and O–H groups in total. The van der Waals surface area contributed by atoms with Gasteiger partial charge in [0.15, 0.2) is 6.61 Å². The van der Waals surface area contributed by atoms with Crippen molar-refractivity contribution in [2.45, 2.75) is 89.8 Å². The van der Waals surface area contributed by atoms with Gasteiger partial charge in [0.25, 0.3) is 11.8 Å². The number of nitrogens with one attached hydrogen (secondary N) is 2. The fraction of sp³-hybridized carbons (Fsp3) is 0.625. The van der Waals surface area contributed by atoms with Crippen molar-refractivity contribution >= 4 is 46.6 Å². The molecule has 0 spiro atoms. The number of carbonyl (C=O) groups is 6. The number of benzene rings is 1. The number of aryl methyl sites for hydroxylation is 1. The highest BCUT2D eigenvalue weighted by atomic mass is 16.6. The molecule has 16 heteroatoms. The lowest BCUT2D eigenvalue weighted by Crippen LogP contribution is -2.56. The second-order valence-electron chi connectivity index (χ2n) is 15.0. The fourth-order valence-electron chi connectivity index (χ4n) is 7.44. The Kier molecular flexibility index (Phi) is 14.0. The zero-order chi connectivity index (χ0) is 39.6. The summed E-state index contributed by atoms with van der Waals surface area (Å²) in [5, 5.41) is 6.44. The van der Waals surface area contributed by atoms with Crippen LogP contribution >= 0.6 is 0 Å². The number of likely N-dealkylation sites (tertiary alicyclic amines) is 1. The van der Waals surface area contributed by atoms with Crippen LogP contribution < -0.4 is 15.4 Å². The molecule has 2 unspecified atom stereocenters. The molecule has 4 aliphatic rings. The second kappa shape index (κ2) is 19.2. The number of amides is 5. The van der Waals surface area contributed by atoms with Gasteiger partial charge in [0, 0.05) is 69.9 Å². The molecule has 2 atom stereocenters. The SMILES string of the molecule is CCOC(=O)N1CCN(C(=O)C(CCC(=O)OCC2CCOCC2)NC(=O)c2cc(OCC(=O)N3CCCC3C(=O)NC3CCC3)c3ccc(C)cc3n2)CC1. The van der Waals surface area contributed by atoms with E-state index < -0.39 is 36.0 Å². The Labute approximate surface area is 326 Å². The summed E-state index contributed by atoms with van der Waals surface area (Å²) in [7, 11) is 0. The topological polar surface area (TPSA) is 186 Å². The fourth-order valence-corrected chi connectivity index (χ4v) is 7.44. The van der Waals surface area contributed by atoms with Gasteiger partial charge in [0.05, 0.1) is 18.7 Å². The van der Waals surface area contributed by atoms with Gasteiger partial charge in [0.2, 0.25) is 11.8 Å². The molecule has 1 aliphatic carbocycles. The number of aromatic nitrogens is 1. The third-order valence-electron chi connectivity index (χ3n) is 11.0. The molecule has 3 aliphatic heterocycles. The van der Waals surface area contributed by atoms with Gasteiger partial charge in [-0.3, -0.25) is 24.0 Å². The molecule has 0 radical (unpaired) electrons. The van der Waals surface area contributed by atoms with Gasteiger partial charge in [-0.25, -0.2) is 9.78 Å². The summed E-state index contributed by atoms with van der Waals surface area (Å²) in [4.78, 5) is 88.7. The molecule has 5 amide bonds. The average molecular weight is 779 g/mol. The highest BCUT2D eigenvalue weighted by Gasteiger charge is 2.36. The Morgan fingerprint density at radius 2 is 1.66 bits per heavy atom. The lowest BCUT2D eigenvalue weighted by molar-refractivity contribution is -0.146. The first-order chi connectivity index (χ1) is 27.1. The van der Waals surface area contributed by atoms with Crippen LogP contribution in [0.5, 0.6) is 5.75 Å². The third kappa shape index (κ3) is 10.4. The van der Waals surface area contributed by atoms with E-state index in [0.29, 0.717) is 43.5 Å². The van der Waals surface area contributed by atoms with Crippen LogP contribution in [0.4, 0.5) is 4.79 Å². The normalized spacial score (nSPS) is 19.5. The van der Waals surface area contributed by atoms with E-state index in [-0.39, 0.29) is 94.1 Å². The van der Waals surface area contributed by atoms with E-state index in [1.165, 1.54) is 11.0 Å². The molecule has 304 valence electrons. The molecular formula is C40H54N6O10. The molecular weight excluding hydrogens is 724 g/mol. The summed E-state index contributed by atoms with van der Waals surface area (Å²) in [6, 6.07) is 5.42. The van der Waals surface area contributed by atoms with Gasteiger partial charge >= 0.3 is 12.1 Å². The number of ether oxygens (including phenoxy) is 4. The Balaban J connectivity index is 1.15. The summed E-state index contributed by atoms with van der Waals surface area (Å²) in [5.41, 5.74) is 1.29. The van der Waals surface area contributed by atoms with E-state index in [2.05, 4.69) is 15.6 Å². The first kappa shape index (κ1) is 40.7. The van der Waals surface area contributed by atoms with E-state index in [4.69, 9.17) is 18.9 Å². The van der Waals surface area contributed by atoms with Crippen molar-refractivity contribution in [1.29, 1.82) is 0 Å². The van der Waals surface area contributed by atoms with Gasteiger partial charge in [-0.2, -0.15) is 0 Å². The smallest absolute Gasteiger partial charge is 0.409 e. The van der Waals surface area contributed by atoms with Crippen LogP contribution in [0.1, 0.15) is 80.8 Å². The molecule has 3 saturated heterocycles. The highest BCUT2D eigenvalue weighted by molar-refractivity contribution is 5.99. The number of piperazine rings is 1. The predicted octanol–water partition coefficient (Wildman–Crippen LogP) is 2.73. The zero-order valence-electron chi connectivity index (χ0n) is 32.4. The van der Waals surface area contributed by atoms with Crippen molar-refractivity contribution in [3.05, 3.63) is 35.5 Å².